The first-order valence-electron chi connectivity index (χ1n) is 7.67. The Morgan fingerprint density at radius 2 is 2.11 bits per heavy atom. The molecule has 1 fully saturated rings. The monoisotopic (exact) mass is 323 g/mol. The molecule has 0 saturated heterocycles. The Morgan fingerprint density at radius 3 is 2.74 bits per heavy atom. The zero-order valence-electron chi connectivity index (χ0n) is 12.2. The largest absolute Gasteiger partial charge is 0.313 e. The van der Waals surface area contributed by atoms with Gasteiger partial charge in [-0.3, -0.25) is 0 Å². The molecule has 3 atom stereocenters. The average Bonchev–Trinajstić information content (AvgIpc) is 2.83. The molecule has 106 valence electrons. The number of hydrogen-bond acceptors (Lipinski definition) is 1. The van der Waals surface area contributed by atoms with E-state index in [1.807, 2.05) is 0 Å². The van der Waals surface area contributed by atoms with Gasteiger partial charge in [0.25, 0.3) is 0 Å². The SMILES string of the molecule is CCCNC(Cc1ccccc1Br)C1CCC(C)C1. The first-order chi connectivity index (χ1) is 9.20. The number of hydrogen-bond donors (Lipinski definition) is 1. The average molecular weight is 324 g/mol. The van der Waals surface area contributed by atoms with E-state index in [1.165, 1.54) is 35.7 Å². The van der Waals surface area contributed by atoms with Crippen molar-refractivity contribution in [2.75, 3.05) is 6.54 Å². The van der Waals surface area contributed by atoms with Crippen LogP contribution in [-0.4, -0.2) is 12.6 Å². The molecule has 1 aliphatic rings. The Morgan fingerprint density at radius 1 is 1.32 bits per heavy atom. The number of benzene rings is 1. The summed E-state index contributed by atoms with van der Waals surface area (Å²) in [7, 11) is 0. The minimum absolute atomic E-state index is 0.642. The molecule has 1 aliphatic carbocycles. The van der Waals surface area contributed by atoms with Crippen LogP contribution in [0.2, 0.25) is 0 Å². The maximum atomic E-state index is 3.79. The Bertz CT molecular complexity index is 391. The van der Waals surface area contributed by atoms with E-state index in [4.69, 9.17) is 0 Å². The topological polar surface area (TPSA) is 12.0 Å². The summed E-state index contributed by atoms with van der Waals surface area (Å²) in [5.74, 6) is 1.77. The Balaban J connectivity index is 2.03. The van der Waals surface area contributed by atoms with Gasteiger partial charge in [-0.15, -0.1) is 0 Å². The standard InChI is InChI=1S/C17H26BrN/c1-3-10-19-17(15-9-8-13(2)11-15)12-14-6-4-5-7-16(14)18/h4-7,13,15,17,19H,3,8-12H2,1-2H3. The van der Waals surface area contributed by atoms with E-state index in [0.717, 1.165) is 24.8 Å². The molecule has 2 rings (SSSR count). The number of halogens is 1. The van der Waals surface area contributed by atoms with Gasteiger partial charge in [0.2, 0.25) is 0 Å². The van der Waals surface area contributed by atoms with Crippen molar-refractivity contribution in [1.29, 1.82) is 0 Å². The van der Waals surface area contributed by atoms with E-state index in [1.54, 1.807) is 0 Å². The molecular weight excluding hydrogens is 298 g/mol. The van der Waals surface area contributed by atoms with Crippen LogP contribution in [0.1, 0.15) is 45.1 Å². The van der Waals surface area contributed by atoms with Gasteiger partial charge in [-0.25, -0.2) is 0 Å². The minimum Gasteiger partial charge on any atom is -0.313 e. The lowest BCUT2D eigenvalue weighted by molar-refractivity contribution is 0.348. The highest BCUT2D eigenvalue weighted by atomic mass is 79.9. The second kappa shape index (κ2) is 7.44. The first-order valence-corrected chi connectivity index (χ1v) is 8.46. The third kappa shape index (κ3) is 4.32. The molecule has 0 bridgehead atoms. The summed E-state index contributed by atoms with van der Waals surface area (Å²) in [5.41, 5.74) is 1.44. The van der Waals surface area contributed by atoms with Crippen LogP contribution in [0.3, 0.4) is 0 Å². The highest BCUT2D eigenvalue weighted by molar-refractivity contribution is 9.10. The first kappa shape index (κ1) is 15.1. The fraction of sp³-hybridized carbons (Fsp3) is 0.647. The lowest BCUT2D eigenvalue weighted by atomic mass is 9.91. The van der Waals surface area contributed by atoms with Gasteiger partial charge in [-0.1, -0.05) is 54.4 Å². The molecule has 3 unspecified atom stereocenters. The van der Waals surface area contributed by atoms with Gasteiger partial charge in [0.1, 0.15) is 0 Å². The summed E-state index contributed by atoms with van der Waals surface area (Å²) in [6.07, 6.45) is 6.57. The summed E-state index contributed by atoms with van der Waals surface area (Å²) in [4.78, 5) is 0. The second-order valence-corrected chi connectivity index (χ2v) is 6.89. The van der Waals surface area contributed by atoms with Crippen molar-refractivity contribution in [1.82, 2.24) is 5.32 Å². The molecule has 19 heavy (non-hydrogen) atoms. The van der Waals surface area contributed by atoms with Crippen molar-refractivity contribution in [2.45, 2.75) is 52.0 Å². The van der Waals surface area contributed by atoms with Crippen molar-refractivity contribution in [3.05, 3.63) is 34.3 Å². The van der Waals surface area contributed by atoms with Crippen molar-refractivity contribution >= 4 is 15.9 Å². The molecule has 1 N–H and O–H groups in total. The maximum Gasteiger partial charge on any atom is 0.0207 e. The molecule has 0 aromatic heterocycles. The summed E-state index contributed by atoms with van der Waals surface area (Å²) in [5, 5.41) is 3.79. The van der Waals surface area contributed by atoms with Crippen LogP contribution in [0.4, 0.5) is 0 Å². The predicted octanol–water partition coefficient (Wildman–Crippen LogP) is 4.80. The molecule has 0 heterocycles. The van der Waals surface area contributed by atoms with Gasteiger partial charge in [-0.2, -0.15) is 0 Å². The maximum absolute atomic E-state index is 3.79. The molecule has 0 spiro atoms. The minimum atomic E-state index is 0.642. The lowest BCUT2D eigenvalue weighted by Gasteiger charge is -2.25. The van der Waals surface area contributed by atoms with Crippen LogP contribution in [-0.2, 0) is 6.42 Å². The molecule has 1 saturated carbocycles. The van der Waals surface area contributed by atoms with Crippen LogP contribution < -0.4 is 5.32 Å². The second-order valence-electron chi connectivity index (χ2n) is 6.03. The normalized spacial score (nSPS) is 24.6. The molecule has 2 heteroatoms. The number of rotatable bonds is 6. The molecular formula is C17H26BrN. The highest BCUT2D eigenvalue weighted by Gasteiger charge is 2.28. The van der Waals surface area contributed by atoms with E-state index in [-0.39, 0.29) is 0 Å². The summed E-state index contributed by atoms with van der Waals surface area (Å²) < 4.78 is 1.25. The Hall–Kier alpha value is -0.340. The molecule has 1 nitrogen and oxygen atoms in total. The van der Waals surface area contributed by atoms with E-state index >= 15 is 0 Å². The quantitative estimate of drug-likeness (QED) is 0.793. The third-order valence-corrected chi connectivity index (χ3v) is 5.13. The van der Waals surface area contributed by atoms with Crippen LogP contribution in [0.15, 0.2) is 28.7 Å². The fourth-order valence-electron chi connectivity index (χ4n) is 3.25. The fourth-order valence-corrected chi connectivity index (χ4v) is 3.70. The zero-order chi connectivity index (χ0) is 13.7. The van der Waals surface area contributed by atoms with Gasteiger partial charge in [0, 0.05) is 10.5 Å². The third-order valence-electron chi connectivity index (χ3n) is 4.36. The zero-order valence-corrected chi connectivity index (χ0v) is 13.7. The van der Waals surface area contributed by atoms with Gasteiger partial charge < -0.3 is 5.32 Å². The Labute approximate surface area is 126 Å². The van der Waals surface area contributed by atoms with Crippen LogP contribution in [0, 0.1) is 11.8 Å². The van der Waals surface area contributed by atoms with Gasteiger partial charge in [-0.05, 0) is 55.7 Å². The van der Waals surface area contributed by atoms with Crippen molar-refractivity contribution in [2.24, 2.45) is 11.8 Å². The summed E-state index contributed by atoms with van der Waals surface area (Å²) in [6, 6.07) is 9.30. The molecule has 0 radical (unpaired) electrons. The van der Waals surface area contributed by atoms with Gasteiger partial charge in [0.05, 0.1) is 0 Å². The smallest absolute Gasteiger partial charge is 0.0207 e. The Kier molecular flexibility index (Phi) is 5.90. The van der Waals surface area contributed by atoms with Gasteiger partial charge >= 0.3 is 0 Å². The summed E-state index contributed by atoms with van der Waals surface area (Å²) >= 11 is 3.69. The summed E-state index contributed by atoms with van der Waals surface area (Å²) in [6.45, 7) is 5.79. The van der Waals surface area contributed by atoms with Crippen molar-refractivity contribution in [3.63, 3.8) is 0 Å². The lowest BCUT2D eigenvalue weighted by Crippen LogP contribution is -2.37. The number of nitrogens with one attached hydrogen (secondary N) is 1. The molecule has 1 aromatic carbocycles. The molecule has 1 aromatic rings. The van der Waals surface area contributed by atoms with Crippen LogP contribution in [0.5, 0.6) is 0 Å². The van der Waals surface area contributed by atoms with Gasteiger partial charge in [0.15, 0.2) is 0 Å². The van der Waals surface area contributed by atoms with Crippen LogP contribution >= 0.6 is 15.9 Å². The van der Waals surface area contributed by atoms with E-state index in [2.05, 4.69) is 59.4 Å². The van der Waals surface area contributed by atoms with Crippen LogP contribution in [0.25, 0.3) is 0 Å². The van der Waals surface area contributed by atoms with Crippen molar-refractivity contribution < 1.29 is 0 Å². The van der Waals surface area contributed by atoms with E-state index < -0.39 is 0 Å². The van der Waals surface area contributed by atoms with E-state index in [0.29, 0.717) is 6.04 Å². The molecule has 0 aliphatic heterocycles. The molecule has 0 amide bonds. The van der Waals surface area contributed by atoms with E-state index in [9.17, 15) is 0 Å². The van der Waals surface area contributed by atoms with Crippen molar-refractivity contribution in [3.8, 4) is 0 Å². The highest BCUT2D eigenvalue weighted by Crippen LogP contribution is 2.34. The predicted molar refractivity (Wildman–Crippen MR) is 86.4 cm³/mol.